The maximum absolute atomic E-state index is 10.5. The summed E-state index contributed by atoms with van der Waals surface area (Å²) in [6.07, 6.45) is 5.74. The molecule has 1 N–H and O–H groups in total. The van der Waals surface area contributed by atoms with Gasteiger partial charge in [0.05, 0.1) is 0 Å². The molecule has 0 fully saturated rings. The van der Waals surface area contributed by atoms with E-state index in [9.17, 15) is 5.11 Å². The lowest BCUT2D eigenvalue weighted by Gasteiger charge is -2.22. The first kappa shape index (κ1) is 17.1. The molecule has 0 aromatic heterocycles. The number of aromatic hydroxyl groups is 1. The minimum atomic E-state index is 0.437. The number of phenols is 1. The maximum Gasteiger partial charge on any atom is 0.122 e. The number of benzene rings is 1. The van der Waals surface area contributed by atoms with Crippen LogP contribution in [0.15, 0.2) is 18.2 Å². The van der Waals surface area contributed by atoms with Crippen LogP contribution in [-0.2, 0) is 6.42 Å². The van der Waals surface area contributed by atoms with Gasteiger partial charge in [-0.15, -0.1) is 0 Å². The lowest BCUT2D eigenvalue weighted by Crippen LogP contribution is -2.11. The molecule has 1 aromatic carbocycles. The molecular weight excluding hydrogens is 244 g/mol. The Hall–Kier alpha value is -0.980. The van der Waals surface area contributed by atoms with Gasteiger partial charge in [0.15, 0.2) is 0 Å². The van der Waals surface area contributed by atoms with E-state index in [0.29, 0.717) is 11.7 Å². The van der Waals surface area contributed by atoms with Crippen molar-refractivity contribution in [3.05, 3.63) is 29.3 Å². The van der Waals surface area contributed by atoms with E-state index in [4.69, 9.17) is 0 Å². The van der Waals surface area contributed by atoms with Gasteiger partial charge in [0.2, 0.25) is 0 Å². The van der Waals surface area contributed by atoms with E-state index < -0.39 is 0 Å². The molecule has 0 aliphatic carbocycles. The Morgan fingerprint density at radius 3 is 2.25 bits per heavy atom. The number of phenolic OH excluding ortho intramolecular Hbond substituents is 1. The third kappa shape index (κ3) is 4.26. The van der Waals surface area contributed by atoms with Crippen molar-refractivity contribution in [1.29, 1.82) is 0 Å². The summed E-state index contributed by atoms with van der Waals surface area (Å²) in [5.41, 5.74) is 2.24. The van der Waals surface area contributed by atoms with Crippen molar-refractivity contribution < 1.29 is 5.11 Å². The van der Waals surface area contributed by atoms with Crippen molar-refractivity contribution in [2.75, 3.05) is 0 Å². The van der Waals surface area contributed by atoms with Crippen molar-refractivity contribution in [2.45, 2.75) is 72.6 Å². The second kappa shape index (κ2) is 8.34. The molecule has 3 atom stereocenters. The highest BCUT2D eigenvalue weighted by molar-refractivity contribution is 5.42. The zero-order chi connectivity index (χ0) is 15.1. The highest BCUT2D eigenvalue weighted by atomic mass is 16.3. The average molecular weight is 276 g/mol. The summed E-state index contributed by atoms with van der Waals surface area (Å²) in [6, 6.07) is 6.25. The van der Waals surface area contributed by atoms with Crippen LogP contribution in [0.4, 0.5) is 0 Å². The van der Waals surface area contributed by atoms with E-state index in [1.165, 1.54) is 19.3 Å². The fraction of sp³-hybridized carbons (Fsp3) is 0.684. The van der Waals surface area contributed by atoms with Crippen LogP contribution in [0.1, 0.15) is 77.3 Å². The van der Waals surface area contributed by atoms with E-state index in [1.54, 1.807) is 0 Å². The van der Waals surface area contributed by atoms with E-state index in [2.05, 4.69) is 52.8 Å². The van der Waals surface area contributed by atoms with Crippen LogP contribution in [0.2, 0.25) is 0 Å². The molecule has 0 saturated heterocycles. The SMILES string of the molecule is CCC(C)c1cccc(CCC(CC)C(C)CC)c1O. The zero-order valence-electron chi connectivity index (χ0n) is 13.9. The van der Waals surface area contributed by atoms with Gasteiger partial charge in [-0.3, -0.25) is 0 Å². The summed E-state index contributed by atoms with van der Waals surface area (Å²) in [5.74, 6) is 2.53. The molecule has 0 spiro atoms. The molecule has 114 valence electrons. The van der Waals surface area contributed by atoms with E-state index in [0.717, 1.165) is 35.8 Å². The Kier molecular flexibility index (Phi) is 7.12. The van der Waals surface area contributed by atoms with Gasteiger partial charge in [0, 0.05) is 0 Å². The number of hydrogen-bond donors (Lipinski definition) is 1. The molecule has 0 radical (unpaired) electrons. The molecule has 3 unspecified atom stereocenters. The van der Waals surface area contributed by atoms with Crippen LogP contribution < -0.4 is 0 Å². The van der Waals surface area contributed by atoms with Crippen LogP contribution >= 0.6 is 0 Å². The number of hydrogen-bond acceptors (Lipinski definition) is 1. The summed E-state index contributed by atoms with van der Waals surface area (Å²) >= 11 is 0. The van der Waals surface area contributed by atoms with Crippen molar-refractivity contribution in [1.82, 2.24) is 0 Å². The van der Waals surface area contributed by atoms with Gasteiger partial charge in [-0.1, -0.05) is 65.7 Å². The molecule has 0 saturated carbocycles. The summed E-state index contributed by atoms with van der Waals surface area (Å²) in [5, 5.41) is 10.5. The number of aryl methyl sites for hydroxylation is 1. The lowest BCUT2D eigenvalue weighted by molar-refractivity contribution is 0.316. The van der Waals surface area contributed by atoms with Crippen LogP contribution in [0.25, 0.3) is 0 Å². The van der Waals surface area contributed by atoms with Gasteiger partial charge in [-0.2, -0.15) is 0 Å². The fourth-order valence-corrected chi connectivity index (χ4v) is 3.00. The molecule has 0 aliphatic heterocycles. The second-order valence-electron chi connectivity index (χ2n) is 6.26. The zero-order valence-corrected chi connectivity index (χ0v) is 13.9. The van der Waals surface area contributed by atoms with Gasteiger partial charge >= 0.3 is 0 Å². The van der Waals surface area contributed by atoms with Crippen molar-refractivity contribution in [2.24, 2.45) is 11.8 Å². The minimum absolute atomic E-state index is 0.437. The molecule has 1 nitrogen and oxygen atoms in total. The van der Waals surface area contributed by atoms with Crippen molar-refractivity contribution in [3.63, 3.8) is 0 Å². The Balaban J connectivity index is 2.78. The minimum Gasteiger partial charge on any atom is -0.507 e. The van der Waals surface area contributed by atoms with E-state index in [1.807, 2.05) is 0 Å². The van der Waals surface area contributed by atoms with Gasteiger partial charge in [0.1, 0.15) is 5.75 Å². The highest BCUT2D eigenvalue weighted by Gasteiger charge is 2.16. The van der Waals surface area contributed by atoms with Crippen LogP contribution in [0, 0.1) is 11.8 Å². The van der Waals surface area contributed by atoms with Crippen LogP contribution in [-0.4, -0.2) is 5.11 Å². The predicted molar refractivity (Wildman–Crippen MR) is 88.4 cm³/mol. The largest absolute Gasteiger partial charge is 0.507 e. The molecule has 1 heteroatoms. The van der Waals surface area contributed by atoms with Crippen molar-refractivity contribution in [3.8, 4) is 5.75 Å². The maximum atomic E-state index is 10.5. The Labute approximate surface area is 125 Å². The van der Waals surface area contributed by atoms with Gasteiger partial charge in [0.25, 0.3) is 0 Å². The standard InChI is InChI=1S/C19H32O/c1-6-14(4)16(8-3)12-13-17-10-9-11-18(19(17)20)15(5)7-2/h9-11,14-16,20H,6-8,12-13H2,1-5H3. The summed E-state index contributed by atoms with van der Waals surface area (Å²) in [4.78, 5) is 0. The average Bonchev–Trinajstić information content (AvgIpc) is 2.48. The number of rotatable bonds is 8. The Bertz CT molecular complexity index is 397. The van der Waals surface area contributed by atoms with Crippen LogP contribution in [0.5, 0.6) is 5.75 Å². The number of para-hydroxylation sites is 1. The molecule has 0 amide bonds. The van der Waals surface area contributed by atoms with Crippen LogP contribution in [0.3, 0.4) is 0 Å². The second-order valence-corrected chi connectivity index (χ2v) is 6.26. The highest BCUT2D eigenvalue weighted by Crippen LogP contribution is 2.33. The molecule has 1 rings (SSSR count). The summed E-state index contributed by atoms with van der Waals surface area (Å²) < 4.78 is 0. The molecule has 1 aromatic rings. The Morgan fingerprint density at radius 1 is 1.00 bits per heavy atom. The smallest absolute Gasteiger partial charge is 0.122 e. The first-order valence-corrected chi connectivity index (χ1v) is 8.35. The lowest BCUT2D eigenvalue weighted by atomic mass is 9.84. The molecular formula is C19H32O. The predicted octanol–water partition coefficient (Wildman–Crippen LogP) is 5.91. The van der Waals surface area contributed by atoms with E-state index >= 15 is 0 Å². The first-order valence-electron chi connectivity index (χ1n) is 8.35. The first-order chi connectivity index (χ1) is 9.54. The Morgan fingerprint density at radius 2 is 1.70 bits per heavy atom. The topological polar surface area (TPSA) is 20.2 Å². The molecule has 0 bridgehead atoms. The van der Waals surface area contributed by atoms with E-state index in [-0.39, 0.29) is 0 Å². The quantitative estimate of drug-likeness (QED) is 0.625. The summed E-state index contributed by atoms with van der Waals surface area (Å²) in [7, 11) is 0. The van der Waals surface area contributed by atoms with Gasteiger partial charge in [-0.25, -0.2) is 0 Å². The van der Waals surface area contributed by atoms with Gasteiger partial charge in [-0.05, 0) is 48.1 Å². The van der Waals surface area contributed by atoms with Crippen molar-refractivity contribution >= 4 is 0 Å². The fourth-order valence-electron chi connectivity index (χ4n) is 3.00. The molecule has 0 heterocycles. The molecule has 0 aliphatic rings. The van der Waals surface area contributed by atoms with Gasteiger partial charge < -0.3 is 5.11 Å². The summed E-state index contributed by atoms with van der Waals surface area (Å²) in [6.45, 7) is 11.3. The monoisotopic (exact) mass is 276 g/mol. The third-order valence-electron chi connectivity index (χ3n) is 5.05. The third-order valence-corrected chi connectivity index (χ3v) is 5.05. The molecule has 20 heavy (non-hydrogen) atoms. The normalized spacial score (nSPS) is 15.8.